The second kappa shape index (κ2) is 10.4. The summed E-state index contributed by atoms with van der Waals surface area (Å²) in [6.07, 6.45) is 5.66. The minimum Gasteiger partial charge on any atom is -0.481 e. The van der Waals surface area contributed by atoms with Gasteiger partial charge in [0, 0.05) is 43.4 Å². The number of anilines is 3. The van der Waals surface area contributed by atoms with Crippen LogP contribution in [-0.2, 0) is 9.59 Å². The van der Waals surface area contributed by atoms with E-state index < -0.39 is 12.0 Å². The average Bonchev–Trinajstić information content (AvgIpc) is 2.83. The number of carbonyl (C=O) groups is 2. The number of benzene rings is 1. The first-order chi connectivity index (χ1) is 16.1. The number of ether oxygens (including phenoxy) is 1. The molecule has 1 aliphatic heterocycles. The fourth-order valence-electron chi connectivity index (χ4n) is 3.67. The second-order valence-corrected chi connectivity index (χ2v) is 7.59. The number of amides is 1. The van der Waals surface area contributed by atoms with Crippen molar-refractivity contribution >= 4 is 29.1 Å². The first-order valence-corrected chi connectivity index (χ1v) is 10.7. The molecule has 0 radical (unpaired) electrons. The summed E-state index contributed by atoms with van der Waals surface area (Å²) in [5.74, 6) is 0.366. The van der Waals surface area contributed by atoms with Crippen LogP contribution in [0.4, 0.5) is 17.2 Å². The molecule has 0 aliphatic carbocycles. The number of carboxylic acid groups (broad SMARTS) is 1. The number of hydrogen-bond donors (Lipinski definition) is 3. The molecule has 0 saturated heterocycles. The van der Waals surface area contributed by atoms with Gasteiger partial charge in [0.25, 0.3) is 5.91 Å². The maximum Gasteiger partial charge on any atom is 0.305 e. The van der Waals surface area contributed by atoms with E-state index in [0.717, 1.165) is 17.8 Å². The number of hydrogen-bond acceptors (Lipinski definition) is 7. The van der Waals surface area contributed by atoms with Gasteiger partial charge >= 0.3 is 5.97 Å². The molecule has 3 aromatic rings. The molecule has 9 heteroatoms. The number of pyridine rings is 2. The smallest absolute Gasteiger partial charge is 0.305 e. The number of aromatic nitrogens is 2. The van der Waals surface area contributed by atoms with Gasteiger partial charge in [-0.1, -0.05) is 12.1 Å². The predicted octanol–water partition coefficient (Wildman–Crippen LogP) is 3.33. The molecule has 33 heavy (non-hydrogen) atoms. The highest BCUT2D eigenvalue weighted by molar-refractivity contribution is 5.98. The summed E-state index contributed by atoms with van der Waals surface area (Å²) in [6.45, 7) is 1.18. The molecule has 1 aliphatic rings. The Morgan fingerprint density at radius 1 is 1.18 bits per heavy atom. The fourth-order valence-corrected chi connectivity index (χ4v) is 3.67. The van der Waals surface area contributed by atoms with Crippen molar-refractivity contribution in [3.05, 3.63) is 72.7 Å². The van der Waals surface area contributed by atoms with Crippen molar-refractivity contribution < 1.29 is 19.4 Å². The molecule has 4 rings (SSSR count). The van der Waals surface area contributed by atoms with Gasteiger partial charge in [-0.15, -0.1) is 0 Å². The van der Waals surface area contributed by atoms with Gasteiger partial charge in [-0.25, -0.2) is 4.98 Å². The Morgan fingerprint density at radius 2 is 2.09 bits per heavy atom. The minimum atomic E-state index is -0.915. The first kappa shape index (κ1) is 22.1. The quantitative estimate of drug-likeness (QED) is 0.405. The van der Waals surface area contributed by atoms with E-state index in [0.29, 0.717) is 30.2 Å². The third kappa shape index (κ3) is 5.76. The normalized spacial score (nSPS) is 13.6. The van der Waals surface area contributed by atoms with Crippen LogP contribution < -0.4 is 20.3 Å². The highest BCUT2D eigenvalue weighted by Gasteiger charge is 2.26. The second-order valence-electron chi connectivity index (χ2n) is 7.59. The lowest BCUT2D eigenvalue weighted by Gasteiger charge is -2.30. The Hall–Kier alpha value is -4.14. The van der Waals surface area contributed by atoms with Gasteiger partial charge in [-0.2, -0.15) is 0 Å². The largest absolute Gasteiger partial charge is 0.481 e. The van der Waals surface area contributed by atoms with Gasteiger partial charge in [0.2, 0.25) is 0 Å². The predicted molar refractivity (Wildman–Crippen MR) is 124 cm³/mol. The molecule has 1 aromatic carbocycles. The summed E-state index contributed by atoms with van der Waals surface area (Å²) < 4.78 is 5.67. The molecule has 0 spiro atoms. The molecular formula is C24H25N5O4. The molecule has 170 valence electrons. The van der Waals surface area contributed by atoms with Crippen molar-refractivity contribution in [1.82, 2.24) is 9.97 Å². The van der Waals surface area contributed by atoms with E-state index in [9.17, 15) is 14.7 Å². The van der Waals surface area contributed by atoms with E-state index in [1.807, 2.05) is 36.4 Å². The van der Waals surface area contributed by atoms with Crippen LogP contribution in [0.2, 0.25) is 0 Å². The molecule has 0 saturated carbocycles. The average molecular weight is 447 g/mol. The molecule has 0 fully saturated rings. The topological polar surface area (TPSA) is 117 Å². The molecule has 1 unspecified atom stereocenters. The van der Waals surface area contributed by atoms with E-state index in [-0.39, 0.29) is 18.9 Å². The lowest BCUT2D eigenvalue weighted by molar-refractivity contribution is -0.137. The van der Waals surface area contributed by atoms with Crippen LogP contribution in [0.3, 0.4) is 0 Å². The van der Waals surface area contributed by atoms with Crippen LogP contribution in [-0.4, -0.2) is 46.6 Å². The van der Waals surface area contributed by atoms with E-state index in [1.165, 1.54) is 0 Å². The van der Waals surface area contributed by atoms with Gasteiger partial charge in [0.1, 0.15) is 11.6 Å². The van der Waals surface area contributed by atoms with Crippen LogP contribution in [0.1, 0.15) is 24.4 Å². The Balaban J connectivity index is 1.43. The zero-order chi connectivity index (χ0) is 23.0. The van der Waals surface area contributed by atoms with E-state index in [4.69, 9.17) is 4.74 Å². The van der Waals surface area contributed by atoms with Crippen molar-refractivity contribution in [3.63, 3.8) is 0 Å². The number of rotatable bonds is 10. The Labute approximate surface area is 191 Å². The molecule has 1 amide bonds. The molecule has 3 N–H and O–H groups in total. The molecule has 1 atom stereocenters. The molecule has 3 heterocycles. The number of nitrogens with zero attached hydrogens (tertiary/aromatic N) is 3. The molecule has 2 aromatic heterocycles. The van der Waals surface area contributed by atoms with Gasteiger partial charge < -0.3 is 25.4 Å². The fraction of sp³-hybridized carbons (Fsp3) is 0.250. The Bertz CT molecular complexity index is 1090. The molecule has 9 nitrogen and oxygen atoms in total. The maximum atomic E-state index is 12.5. The van der Waals surface area contributed by atoms with Crippen molar-refractivity contribution in [3.8, 4) is 5.75 Å². The summed E-state index contributed by atoms with van der Waals surface area (Å²) in [6, 6.07) is 14.3. The van der Waals surface area contributed by atoms with Crippen LogP contribution in [0.25, 0.3) is 0 Å². The van der Waals surface area contributed by atoms with Gasteiger partial charge in [-0.3, -0.25) is 14.6 Å². The Kier molecular flexibility index (Phi) is 6.99. The van der Waals surface area contributed by atoms with Gasteiger partial charge in [0.05, 0.1) is 18.2 Å². The number of carboxylic acids is 1. The van der Waals surface area contributed by atoms with Gasteiger partial charge in [0.15, 0.2) is 6.61 Å². The SMILES string of the molecule is O=C(O)CC(Nc1ccc2c(c1)OCC(=O)N2CCCNc1ccccn1)c1cccnc1. The summed E-state index contributed by atoms with van der Waals surface area (Å²) in [4.78, 5) is 33.9. The van der Waals surface area contributed by atoms with Crippen LogP contribution in [0, 0.1) is 0 Å². The van der Waals surface area contributed by atoms with E-state index in [1.54, 1.807) is 35.6 Å². The van der Waals surface area contributed by atoms with Crippen LogP contribution in [0.5, 0.6) is 5.75 Å². The van der Waals surface area contributed by atoms with E-state index >= 15 is 0 Å². The number of nitrogens with one attached hydrogen (secondary N) is 2. The summed E-state index contributed by atoms with van der Waals surface area (Å²) >= 11 is 0. The highest BCUT2D eigenvalue weighted by Crippen LogP contribution is 2.36. The van der Waals surface area contributed by atoms with E-state index in [2.05, 4.69) is 20.6 Å². The highest BCUT2D eigenvalue weighted by atomic mass is 16.5. The standard InChI is InChI=1S/C24H25N5O4/c30-23-16-33-21-13-18(28-19(14-24(31)32)17-5-3-9-25-15-17)7-8-20(21)29(23)12-4-11-27-22-6-1-2-10-26-22/h1-3,5-10,13,15,19,28H,4,11-12,14,16H2,(H,26,27)(H,31,32). The molecule has 0 bridgehead atoms. The minimum absolute atomic E-state index is 0.0364. The lowest BCUT2D eigenvalue weighted by atomic mass is 10.1. The van der Waals surface area contributed by atoms with Crippen molar-refractivity contribution in [1.29, 1.82) is 0 Å². The monoisotopic (exact) mass is 447 g/mol. The van der Waals surface area contributed by atoms with Crippen LogP contribution >= 0.6 is 0 Å². The first-order valence-electron chi connectivity index (χ1n) is 10.7. The van der Waals surface area contributed by atoms with Crippen molar-refractivity contribution in [2.75, 3.05) is 35.2 Å². The lowest BCUT2D eigenvalue weighted by Crippen LogP contribution is -2.39. The molecular weight excluding hydrogens is 422 g/mol. The number of fused-ring (bicyclic) bond motifs is 1. The third-order valence-corrected chi connectivity index (χ3v) is 5.24. The maximum absolute atomic E-state index is 12.5. The summed E-state index contributed by atoms with van der Waals surface area (Å²) in [5, 5.41) is 15.8. The number of aliphatic carboxylic acids is 1. The van der Waals surface area contributed by atoms with Gasteiger partial charge in [-0.05, 0) is 42.3 Å². The van der Waals surface area contributed by atoms with Crippen molar-refractivity contribution in [2.24, 2.45) is 0 Å². The number of carbonyl (C=O) groups excluding carboxylic acids is 1. The zero-order valence-electron chi connectivity index (χ0n) is 18.0. The Morgan fingerprint density at radius 3 is 2.85 bits per heavy atom. The van der Waals surface area contributed by atoms with Crippen molar-refractivity contribution in [2.45, 2.75) is 18.9 Å². The zero-order valence-corrected chi connectivity index (χ0v) is 18.0. The third-order valence-electron chi connectivity index (χ3n) is 5.24. The summed E-state index contributed by atoms with van der Waals surface area (Å²) in [5.41, 5.74) is 2.18. The summed E-state index contributed by atoms with van der Waals surface area (Å²) in [7, 11) is 0. The van der Waals surface area contributed by atoms with Crippen LogP contribution in [0.15, 0.2) is 67.1 Å².